The largest absolute Gasteiger partial charge is 0.495 e. The second kappa shape index (κ2) is 5.22. The van der Waals surface area contributed by atoms with Crippen molar-refractivity contribution in [1.82, 2.24) is 0 Å². The molecule has 0 spiro atoms. The number of nitrogens with zero attached hydrogens (tertiary/aromatic N) is 1. The molecule has 0 heterocycles. The molecule has 15 heavy (non-hydrogen) atoms. The molecule has 0 aliphatic carbocycles. The molecule has 0 aliphatic heterocycles. The molecular weight excluding hydrogens is 235 g/mol. The van der Waals surface area contributed by atoms with Gasteiger partial charge in [0.05, 0.1) is 24.2 Å². The lowest BCUT2D eigenvalue weighted by Crippen LogP contribution is -2.20. The Morgan fingerprint density at radius 1 is 1.47 bits per heavy atom. The molecule has 5 heteroatoms. The highest BCUT2D eigenvalue weighted by molar-refractivity contribution is 6.43. The Bertz CT molecular complexity index is 401. The van der Waals surface area contributed by atoms with Crippen LogP contribution in [0.1, 0.15) is 5.56 Å². The molecule has 0 aliphatic rings. The molecule has 0 amide bonds. The molecule has 0 fully saturated rings. The van der Waals surface area contributed by atoms with Crippen LogP contribution in [0.15, 0.2) is 12.1 Å². The summed E-state index contributed by atoms with van der Waals surface area (Å²) in [6, 6.07) is 4.81. The second-order valence-electron chi connectivity index (χ2n) is 2.99. The van der Waals surface area contributed by atoms with Crippen molar-refractivity contribution in [2.24, 2.45) is 5.73 Å². The third-order valence-electron chi connectivity index (χ3n) is 1.95. The Morgan fingerprint density at radius 3 is 2.67 bits per heavy atom. The molecular formula is C10H10Cl2N2O. The summed E-state index contributed by atoms with van der Waals surface area (Å²) >= 11 is 11.9. The Morgan fingerprint density at radius 2 is 2.13 bits per heavy atom. The van der Waals surface area contributed by atoms with Crippen molar-refractivity contribution in [1.29, 1.82) is 5.26 Å². The van der Waals surface area contributed by atoms with E-state index in [9.17, 15) is 0 Å². The van der Waals surface area contributed by atoms with Crippen molar-refractivity contribution in [3.8, 4) is 11.8 Å². The zero-order chi connectivity index (χ0) is 11.4. The first kappa shape index (κ1) is 12.1. The molecule has 0 bridgehead atoms. The summed E-state index contributed by atoms with van der Waals surface area (Å²) in [5.41, 5.74) is 6.25. The first-order valence-electron chi connectivity index (χ1n) is 4.26. The van der Waals surface area contributed by atoms with Crippen LogP contribution >= 0.6 is 23.2 Å². The van der Waals surface area contributed by atoms with Crippen molar-refractivity contribution in [3.05, 3.63) is 27.7 Å². The van der Waals surface area contributed by atoms with Gasteiger partial charge in [-0.05, 0) is 11.6 Å². The molecule has 1 rings (SSSR count). The standard InChI is InChI=1S/C10H10Cl2N2O/c1-15-8-3-2-6(4-7(14)5-13)9(11)10(8)12/h2-3,7H,4,14H2,1H3. The highest BCUT2D eigenvalue weighted by Crippen LogP contribution is 2.34. The van der Waals surface area contributed by atoms with E-state index in [1.54, 1.807) is 12.1 Å². The van der Waals surface area contributed by atoms with E-state index in [0.29, 0.717) is 22.2 Å². The average molecular weight is 245 g/mol. The number of hydrogen-bond acceptors (Lipinski definition) is 3. The molecule has 1 atom stereocenters. The van der Waals surface area contributed by atoms with Crippen LogP contribution in [0.25, 0.3) is 0 Å². The molecule has 3 nitrogen and oxygen atoms in total. The van der Waals surface area contributed by atoms with Crippen LogP contribution in [-0.2, 0) is 6.42 Å². The van der Waals surface area contributed by atoms with Gasteiger partial charge in [0, 0.05) is 6.42 Å². The van der Waals surface area contributed by atoms with Crippen LogP contribution in [0, 0.1) is 11.3 Å². The molecule has 1 aromatic carbocycles. The Hall–Kier alpha value is -0.950. The van der Waals surface area contributed by atoms with Gasteiger partial charge in [0.15, 0.2) is 0 Å². The lowest BCUT2D eigenvalue weighted by atomic mass is 10.1. The third-order valence-corrected chi connectivity index (χ3v) is 2.86. The Balaban J connectivity index is 3.02. The van der Waals surface area contributed by atoms with Crippen LogP contribution in [0.2, 0.25) is 10.0 Å². The number of nitriles is 1. The van der Waals surface area contributed by atoms with E-state index in [0.717, 1.165) is 5.56 Å². The molecule has 80 valence electrons. The fourth-order valence-electron chi connectivity index (χ4n) is 1.17. The van der Waals surface area contributed by atoms with Gasteiger partial charge in [0.25, 0.3) is 0 Å². The predicted molar refractivity (Wildman–Crippen MR) is 60.3 cm³/mol. The van der Waals surface area contributed by atoms with Crippen molar-refractivity contribution in [2.45, 2.75) is 12.5 Å². The minimum absolute atomic E-state index is 0.349. The Kier molecular flexibility index (Phi) is 4.22. The number of hydrogen-bond donors (Lipinski definition) is 1. The first-order valence-corrected chi connectivity index (χ1v) is 5.01. The topological polar surface area (TPSA) is 59.0 Å². The predicted octanol–water partition coefficient (Wildman–Crippen LogP) is 2.40. The summed E-state index contributed by atoms with van der Waals surface area (Å²) in [7, 11) is 1.51. The summed E-state index contributed by atoms with van der Waals surface area (Å²) in [6.07, 6.45) is 0.374. The van der Waals surface area contributed by atoms with Crippen LogP contribution in [-0.4, -0.2) is 13.2 Å². The van der Waals surface area contributed by atoms with Gasteiger partial charge in [-0.15, -0.1) is 0 Å². The monoisotopic (exact) mass is 244 g/mol. The van der Waals surface area contributed by atoms with Crippen molar-refractivity contribution in [2.75, 3.05) is 7.11 Å². The van der Waals surface area contributed by atoms with Crippen molar-refractivity contribution >= 4 is 23.2 Å². The second-order valence-corrected chi connectivity index (χ2v) is 3.75. The summed E-state index contributed by atoms with van der Waals surface area (Å²) < 4.78 is 5.00. The maximum atomic E-state index is 8.58. The van der Waals surface area contributed by atoms with E-state index in [-0.39, 0.29) is 0 Å². The van der Waals surface area contributed by atoms with Crippen molar-refractivity contribution in [3.63, 3.8) is 0 Å². The fourth-order valence-corrected chi connectivity index (χ4v) is 1.66. The van der Waals surface area contributed by atoms with Gasteiger partial charge >= 0.3 is 0 Å². The summed E-state index contributed by atoms with van der Waals surface area (Å²) in [4.78, 5) is 0. The van der Waals surface area contributed by atoms with Crippen LogP contribution < -0.4 is 10.5 Å². The minimum atomic E-state index is -0.577. The molecule has 0 radical (unpaired) electrons. The lowest BCUT2D eigenvalue weighted by molar-refractivity contribution is 0.415. The third kappa shape index (κ3) is 2.75. The van der Waals surface area contributed by atoms with Crippen LogP contribution in [0.3, 0.4) is 0 Å². The number of rotatable bonds is 3. The normalized spacial score (nSPS) is 11.9. The van der Waals surface area contributed by atoms with E-state index < -0.39 is 6.04 Å². The summed E-state index contributed by atoms with van der Waals surface area (Å²) in [5.74, 6) is 0.510. The highest BCUT2D eigenvalue weighted by atomic mass is 35.5. The van der Waals surface area contributed by atoms with Gasteiger partial charge in [0.2, 0.25) is 0 Å². The SMILES string of the molecule is COc1ccc(CC(N)C#N)c(Cl)c1Cl. The van der Waals surface area contributed by atoms with Gasteiger partial charge in [-0.1, -0.05) is 29.3 Å². The van der Waals surface area contributed by atoms with Crippen LogP contribution in [0.5, 0.6) is 5.75 Å². The van der Waals surface area contributed by atoms with Crippen LogP contribution in [0.4, 0.5) is 0 Å². The molecule has 0 saturated carbocycles. The van der Waals surface area contributed by atoms with E-state index in [2.05, 4.69) is 0 Å². The fraction of sp³-hybridized carbons (Fsp3) is 0.300. The van der Waals surface area contributed by atoms with Gasteiger partial charge in [-0.3, -0.25) is 0 Å². The van der Waals surface area contributed by atoms with Gasteiger partial charge in [-0.25, -0.2) is 0 Å². The maximum absolute atomic E-state index is 8.58. The number of nitrogens with two attached hydrogens (primary N) is 1. The Labute approximate surface area is 98.3 Å². The number of ether oxygens (including phenoxy) is 1. The lowest BCUT2D eigenvalue weighted by Gasteiger charge is -2.10. The zero-order valence-electron chi connectivity index (χ0n) is 8.13. The maximum Gasteiger partial charge on any atom is 0.138 e. The van der Waals surface area contributed by atoms with E-state index in [4.69, 9.17) is 38.9 Å². The average Bonchev–Trinajstić information content (AvgIpc) is 2.25. The van der Waals surface area contributed by atoms with Gasteiger partial charge in [0.1, 0.15) is 10.8 Å². The van der Waals surface area contributed by atoms with E-state index in [1.807, 2.05) is 6.07 Å². The van der Waals surface area contributed by atoms with Gasteiger partial charge in [-0.2, -0.15) is 5.26 Å². The summed E-state index contributed by atoms with van der Waals surface area (Å²) in [6.45, 7) is 0. The number of benzene rings is 1. The number of halogens is 2. The van der Waals surface area contributed by atoms with Crippen molar-refractivity contribution < 1.29 is 4.74 Å². The molecule has 1 aromatic rings. The smallest absolute Gasteiger partial charge is 0.138 e. The highest BCUT2D eigenvalue weighted by Gasteiger charge is 2.12. The van der Waals surface area contributed by atoms with E-state index in [1.165, 1.54) is 7.11 Å². The summed E-state index contributed by atoms with van der Waals surface area (Å²) in [5, 5.41) is 9.32. The molecule has 0 saturated heterocycles. The minimum Gasteiger partial charge on any atom is -0.495 e. The van der Waals surface area contributed by atoms with E-state index >= 15 is 0 Å². The number of methoxy groups -OCH3 is 1. The molecule has 0 aromatic heterocycles. The quantitative estimate of drug-likeness (QED) is 0.889. The van der Waals surface area contributed by atoms with Gasteiger partial charge < -0.3 is 10.5 Å². The molecule has 1 unspecified atom stereocenters. The molecule has 2 N–H and O–H groups in total. The first-order chi connectivity index (χ1) is 7.10. The zero-order valence-corrected chi connectivity index (χ0v) is 9.64.